The number of carbonyl (C=O) groups excluding carboxylic acids is 1. The third kappa shape index (κ3) is 1.44. The SMILES string of the molecule is CC1(C)OC(=O)CC1(C)c1ccccc1. The van der Waals surface area contributed by atoms with Crippen molar-refractivity contribution in [3.63, 3.8) is 0 Å². The van der Waals surface area contributed by atoms with E-state index in [0.717, 1.165) is 0 Å². The maximum Gasteiger partial charge on any atom is 0.307 e. The molecule has 2 rings (SSSR count). The summed E-state index contributed by atoms with van der Waals surface area (Å²) in [6.07, 6.45) is 0.462. The quantitative estimate of drug-likeness (QED) is 0.657. The Morgan fingerprint density at radius 3 is 2.20 bits per heavy atom. The highest BCUT2D eigenvalue weighted by Crippen LogP contribution is 2.45. The van der Waals surface area contributed by atoms with Crippen molar-refractivity contribution in [1.29, 1.82) is 0 Å². The van der Waals surface area contributed by atoms with Crippen LogP contribution >= 0.6 is 0 Å². The van der Waals surface area contributed by atoms with E-state index >= 15 is 0 Å². The summed E-state index contributed by atoms with van der Waals surface area (Å²) in [6, 6.07) is 10.1. The molecule has 1 atom stereocenters. The maximum atomic E-state index is 11.4. The summed E-state index contributed by atoms with van der Waals surface area (Å²) in [5.74, 6) is -0.105. The first-order valence-electron chi connectivity index (χ1n) is 5.23. The Balaban J connectivity index is 2.47. The van der Waals surface area contributed by atoms with Crippen molar-refractivity contribution >= 4 is 5.97 Å². The normalized spacial score (nSPS) is 28.9. The minimum Gasteiger partial charge on any atom is -0.459 e. The van der Waals surface area contributed by atoms with E-state index < -0.39 is 5.60 Å². The monoisotopic (exact) mass is 204 g/mol. The first kappa shape index (κ1) is 10.2. The van der Waals surface area contributed by atoms with Gasteiger partial charge < -0.3 is 4.74 Å². The zero-order chi connectivity index (χ0) is 11.1. The highest BCUT2D eigenvalue weighted by Gasteiger charge is 2.52. The van der Waals surface area contributed by atoms with Gasteiger partial charge in [0.15, 0.2) is 0 Å². The fraction of sp³-hybridized carbons (Fsp3) is 0.462. The van der Waals surface area contributed by atoms with Gasteiger partial charge in [0.1, 0.15) is 5.60 Å². The predicted octanol–water partition coefficient (Wildman–Crippen LogP) is 2.67. The predicted molar refractivity (Wildman–Crippen MR) is 58.6 cm³/mol. The number of benzene rings is 1. The molecule has 0 aliphatic carbocycles. The summed E-state index contributed by atoms with van der Waals surface area (Å²) in [6.45, 7) is 6.04. The van der Waals surface area contributed by atoms with E-state index in [9.17, 15) is 4.79 Å². The van der Waals surface area contributed by atoms with Crippen LogP contribution in [0, 0.1) is 0 Å². The molecule has 1 unspecified atom stereocenters. The van der Waals surface area contributed by atoms with E-state index in [-0.39, 0.29) is 11.4 Å². The molecule has 1 aromatic carbocycles. The molecule has 0 spiro atoms. The van der Waals surface area contributed by atoms with Gasteiger partial charge in [-0.15, -0.1) is 0 Å². The molecular weight excluding hydrogens is 188 g/mol. The van der Waals surface area contributed by atoms with Crippen molar-refractivity contribution in [2.45, 2.75) is 38.2 Å². The number of hydrogen-bond acceptors (Lipinski definition) is 2. The van der Waals surface area contributed by atoms with Gasteiger partial charge in [0.25, 0.3) is 0 Å². The topological polar surface area (TPSA) is 26.3 Å². The van der Waals surface area contributed by atoms with Crippen molar-refractivity contribution in [2.24, 2.45) is 0 Å². The zero-order valence-corrected chi connectivity index (χ0v) is 9.41. The molecule has 1 heterocycles. The third-order valence-electron chi connectivity index (χ3n) is 3.61. The minimum absolute atomic E-state index is 0.105. The van der Waals surface area contributed by atoms with Crippen molar-refractivity contribution in [3.05, 3.63) is 35.9 Å². The van der Waals surface area contributed by atoms with Crippen LogP contribution < -0.4 is 0 Å². The fourth-order valence-corrected chi connectivity index (χ4v) is 2.19. The summed E-state index contributed by atoms with van der Waals surface area (Å²) >= 11 is 0. The number of ether oxygens (including phenoxy) is 1. The van der Waals surface area contributed by atoms with Crippen LogP contribution in [-0.2, 0) is 14.9 Å². The number of rotatable bonds is 1. The lowest BCUT2D eigenvalue weighted by Crippen LogP contribution is -2.41. The number of cyclic esters (lactones) is 1. The highest BCUT2D eigenvalue weighted by atomic mass is 16.6. The molecule has 1 aliphatic heterocycles. The molecule has 0 saturated carbocycles. The van der Waals surface area contributed by atoms with E-state index in [1.54, 1.807) is 0 Å². The van der Waals surface area contributed by atoms with E-state index in [4.69, 9.17) is 4.74 Å². The Labute approximate surface area is 90.3 Å². The second-order valence-corrected chi connectivity index (χ2v) is 4.86. The summed E-state index contributed by atoms with van der Waals surface area (Å²) < 4.78 is 5.38. The van der Waals surface area contributed by atoms with E-state index in [1.165, 1.54) is 5.56 Å². The Hall–Kier alpha value is -1.31. The van der Waals surface area contributed by atoms with Crippen molar-refractivity contribution < 1.29 is 9.53 Å². The maximum absolute atomic E-state index is 11.4. The van der Waals surface area contributed by atoms with E-state index in [0.29, 0.717) is 6.42 Å². The smallest absolute Gasteiger partial charge is 0.307 e. The van der Waals surface area contributed by atoms with Gasteiger partial charge in [-0.2, -0.15) is 0 Å². The van der Waals surface area contributed by atoms with Crippen LogP contribution in [0.2, 0.25) is 0 Å². The highest BCUT2D eigenvalue weighted by molar-refractivity contribution is 5.75. The van der Waals surface area contributed by atoms with Gasteiger partial charge >= 0.3 is 5.97 Å². The lowest BCUT2D eigenvalue weighted by molar-refractivity contribution is -0.146. The van der Waals surface area contributed by atoms with E-state index in [2.05, 4.69) is 19.1 Å². The average molecular weight is 204 g/mol. The summed E-state index contributed by atoms with van der Waals surface area (Å²) in [5, 5.41) is 0. The second kappa shape index (κ2) is 3.09. The minimum atomic E-state index is -0.425. The van der Waals surface area contributed by atoms with Crippen LogP contribution in [0.3, 0.4) is 0 Å². The van der Waals surface area contributed by atoms with Gasteiger partial charge in [-0.3, -0.25) is 4.79 Å². The molecule has 0 bridgehead atoms. The molecule has 1 fully saturated rings. The van der Waals surface area contributed by atoms with Gasteiger partial charge in [-0.05, 0) is 19.4 Å². The van der Waals surface area contributed by atoms with Crippen LogP contribution in [-0.4, -0.2) is 11.6 Å². The Kier molecular flexibility index (Phi) is 2.10. The van der Waals surface area contributed by atoms with Crippen molar-refractivity contribution in [2.75, 3.05) is 0 Å². The molecule has 2 nitrogen and oxygen atoms in total. The Morgan fingerprint density at radius 1 is 1.13 bits per heavy atom. The summed E-state index contributed by atoms with van der Waals surface area (Å²) in [4.78, 5) is 11.4. The number of esters is 1. The van der Waals surface area contributed by atoms with Crippen LogP contribution in [0.15, 0.2) is 30.3 Å². The molecular formula is C13H16O2. The average Bonchev–Trinajstić information content (AvgIpc) is 2.38. The van der Waals surface area contributed by atoms with Gasteiger partial charge in [0.2, 0.25) is 0 Å². The van der Waals surface area contributed by atoms with Gasteiger partial charge in [0.05, 0.1) is 6.42 Å². The molecule has 15 heavy (non-hydrogen) atoms. The molecule has 1 aromatic rings. The molecule has 0 aromatic heterocycles. The largest absolute Gasteiger partial charge is 0.459 e. The third-order valence-corrected chi connectivity index (χ3v) is 3.61. The van der Waals surface area contributed by atoms with E-state index in [1.807, 2.05) is 32.0 Å². The van der Waals surface area contributed by atoms with Crippen LogP contribution in [0.4, 0.5) is 0 Å². The molecule has 0 amide bonds. The Bertz CT molecular complexity index is 381. The number of hydrogen-bond donors (Lipinski definition) is 0. The van der Waals surface area contributed by atoms with Gasteiger partial charge in [0, 0.05) is 5.41 Å². The van der Waals surface area contributed by atoms with Crippen LogP contribution in [0.5, 0.6) is 0 Å². The standard InChI is InChI=1S/C13H16O2/c1-12(2)13(3,9-11(14)15-12)10-7-5-4-6-8-10/h4-8H,9H2,1-3H3. The molecule has 1 saturated heterocycles. The Morgan fingerprint density at radius 2 is 1.73 bits per heavy atom. The summed E-state index contributed by atoms with van der Waals surface area (Å²) in [7, 11) is 0. The van der Waals surface area contributed by atoms with Gasteiger partial charge in [-0.1, -0.05) is 37.3 Å². The first-order chi connectivity index (χ1) is 6.96. The lowest BCUT2D eigenvalue weighted by atomic mass is 9.70. The lowest BCUT2D eigenvalue weighted by Gasteiger charge is -2.35. The molecule has 1 aliphatic rings. The van der Waals surface area contributed by atoms with Crippen LogP contribution in [0.25, 0.3) is 0 Å². The zero-order valence-electron chi connectivity index (χ0n) is 9.41. The van der Waals surface area contributed by atoms with Gasteiger partial charge in [-0.25, -0.2) is 0 Å². The molecule has 2 heteroatoms. The molecule has 80 valence electrons. The number of carbonyl (C=O) groups is 1. The first-order valence-corrected chi connectivity index (χ1v) is 5.23. The summed E-state index contributed by atoms with van der Waals surface area (Å²) in [5.41, 5.74) is 0.525. The van der Waals surface area contributed by atoms with Crippen LogP contribution in [0.1, 0.15) is 32.8 Å². The van der Waals surface area contributed by atoms with Crippen molar-refractivity contribution in [3.8, 4) is 0 Å². The van der Waals surface area contributed by atoms with Crippen molar-refractivity contribution in [1.82, 2.24) is 0 Å². The molecule has 0 radical (unpaired) electrons. The molecule has 0 N–H and O–H groups in total. The fourth-order valence-electron chi connectivity index (χ4n) is 2.19. The second-order valence-electron chi connectivity index (χ2n) is 4.86.